The van der Waals surface area contributed by atoms with Crippen LogP contribution in [-0.4, -0.2) is 34.2 Å². The van der Waals surface area contributed by atoms with Crippen molar-refractivity contribution in [1.82, 2.24) is 25.2 Å². The van der Waals surface area contributed by atoms with Crippen molar-refractivity contribution < 1.29 is 4.74 Å². The highest BCUT2D eigenvalue weighted by Gasteiger charge is 2.06. The Morgan fingerprint density at radius 2 is 1.92 bits per heavy atom. The minimum atomic E-state index is 0. The number of pyridine rings is 1. The molecule has 7 nitrogen and oxygen atoms in total. The van der Waals surface area contributed by atoms with E-state index in [9.17, 15) is 0 Å². The summed E-state index contributed by atoms with van der Waals surface area (Å²) in [4.78, 5) is 4.63. The maximum absolute atomic E-state index is 5.37. The van der Waals surface area contributed by atoms with Crippen molar-refractivity contribution >= 4 is 35.6 Å². The second-order valence-electron chi connectivity index (χ2n) is 5.41. The van der Waals surface area contributed by atoms with Gasteiger partial charge in [-0.2, -0.15) is 0 Å². The Morgan fingerprint density at radius 1 is 1.12 bits per heavy atom. The zero-order valence-electron chi connectivity index (χ0n) is 14.8. The first-order valence-electron chi connectivity index (χ1n) is 8.24. The van der Waals surface area contributed by atoms with Crippen LogP contribution < -0.4 is 15.4 Å². The first-order valence-corrected chi connectivity index (χ1v) is 8.24. The van der Waals surface area contributed by atoms with Crippen molar-refractivity contribution in [3.8, 4) is 5.75 Å². The highest BCUT2D eigenvalue weighted by molar-refractivity contribution is 14.0. The zero-order valence-corrected chi connectivity index (χ0v) is 17.2. The summed E-state index contributed by atoms with van der Waals surface area (Å²) >= 11 is 0. The number of para-hydroxylation sites is 1. The Labute approximate surface area is 169 Å². The molecule has 0 amide bonds. The molecule has 0 fully saturated rings. The Balaban J connectivity index is 0.00000243. The number of hydrogen-bond acceptors (Lipinski definition) is 4. The molecule has 0 aliphatic carbocycles. The Morgan fingerprint density at radius 3 is 2.73 bits per heavy atom. The van der Waals surface area contributed by atoms with Gasteiger partial charge in [-0.1, -0.05) is 24.3 Å². The maximum atomic E-state index is 5.37. The van der Waals surface area contributed by atoms with E-state index in [4.69, 9.17) is 4.74 Å². The summed E-state index contributed by atoms with van der Waals surface area (Å²) < 4.78 is 7.33. The van der Waals surface area contributed by atoms with E-state index >= 15 is 0 Å². The number of rotatable bonds is 6. The fourth-order valence-electron chi connectivity index (χ4n) is 2.51. The number of methoxy groups -OCH3 is 1. The number of aromatic nitrogens is 3. The molecule has 0 unspecified atom stereocenters. The van der Waals surface area contributed by atoms with E-state index in [1.807, 2.05) is 60.0 Å². The lowest BCUT2D eigenvalue weighted by atomic mass is 10.2. The third kappa shape index (κ3) is 4.84. The normalized spacial score (nSPS) is 11.1. The van der Waals surface area contributed by atoms with E-state index in [0.29, 0.717) is 13.1 Å². The molecule has 0 aliphatic rings. The number of aliphatic imine (C=N–C) groups is 1. The number of fused-ring (bicyclic) bond motifs is 1. The number of hydrogen-bond donors (Lipinski definition) is 2. The van der Waals surface area contributed by atoms with Gasteiger partial charge in [-0.15, -0.1) is 34.2 Å². The monoisotopic (exact) mass is 466 g/mol. The molecule has 0 saturated heterocycles. The van der Waals surface area contributed by atoms with Crippen LogP contribution >= 0.6 is 24.0 Å². The molecule has 0 radical (unpaired) electrons. The van der Waals surface area contributed by atoms with E-state index in [0.717, 1.165) is 35.3 Å². The van der Waals surface area contributed by atoms with Gasteiger partial charge in [0.2, 0.25) is 0 Å². The van der Waals surface area contributed by atoms with Gasteiger partial charge in [0.05, 0.1) is 20.2 Å². The van der Waals surface area contributed by atoms with Crippen LogP contribution in [-0.2, 0) is 13.1 Å². The molecule has 0 saturated carbocycles. The number of guanidine groups is 1. The largest absolute Gasteiger partial charge is 0.496 e. The minimum absolute atomic E-state index is 0. The van der Waals surface area contributed by atoms with Gasteiger partial charge in [0.25, 0.3) is 0 Å². The minimum Gasteiger partial charge on any atom is -0.496 e. The number of ether oxygens (including phenoxy) is 1. The second-order valence-corrected chi connectivity index (χ2v) is 5.41. The summed E-state index contributed by atoms with van der Waals surface area (Å²) in [6, 6.07) is 13.7. The van der Waals surface area contributed by atoms with Crippen molar-refractivity contribution in [1.29, 1.82) is 0 Å². The molecule has 0 bridgehead atoms. The molecule has 2 heterocycles. The van der Waals surface area contributed by atoms with Crippen LogP contribution in [0.2, 0.25) is 0 Å². The third-order valence-corrected chi connectivity index (χ3v) is 3.74. The first-order chi connectivity index (χ1) is 12.3. The van der Waals surface area contributed by atoms with E-state index in [2.05, 4.69) is 25.8 Å². The van der Waals surface area contributed by atoms with Crippen molar-refractivity contribution in [2.24, 2.45) is 4.99 Å². The van der Waals surface area contributed by atoms with Crippen molar-refractivity contribution in [3.05, 3.63) is 60.0 Å². The second kappa shape index (κ2) is 9.95. The number of nitrogens with zero attached hydrogens (tertiary/aromatic N) is 4. The zero-order chi connectivity index (χ0) is 17.5. The van der Waals surface area contributed by atoms with Gasteiger partial charge in [0.15, 0.2) is 17.4 Å². The molecule has 26 heavy (non-hydrogen) atoms. The summed E-state index contributed by atoms with van der Waals surface area (Å²) in [5.74, 6) is 2.39. The molecular weight excluding hydrogens is 443 g/mol. The predicted octanol–water partition coefficient (Wildman–Crippen LogP) is 2.61. The SMILES string of the molecule is CCNC(=NCc1ccccc1OC)NCc1nnc2ccccn12.I. The average Bonchev–Trinajstić information content (AvgIpc) is 3.07. The van der Waals surface area contributed by atoms with E-state index in [-0.39, 0.29) is 24.0 Å². The van der Waals surface area contributed by atoms with Gasteiger partial charge < -0.3 is 15.4 Å². The van der Waals surface area contributed by atoms with Gasteiger partial charge in [0, 0.05) is 18.3 Å². The summed E-state index contributed by atoms with van der Waals surface area (Å²) in [6.07, 6.45) is 1.95. The predicted molar refractivity (Wildman–Crippen MR) is 113 cm³/mol. The highest BCUT2D eigenvalue weighted by Crippen LogP contribution is 2.17. The van der Waals surface area contributed by atoms with E-state index in [1.54, 1.807) is 7.11 Å². The molecule has 2 aromatic heterocycles. The lowest BCUT2D eigenvalue weighted by molar-refractivity contribution is 0.410. The van der Waals surface area contributed by atoms with Crippen molar-refractivity contribution in [2.75, 3.05) is 13.7 Å². The molecule has 3 rings (SSSR count). The van der Waals surface area contributed by atoms with Crippen molar-refractivity contribution in [3.63, 3.8) is 0 Å². The molecule has 3 aromatic rings. The topological polar surface area (TPSA) is 75.8 Å². The Bertz CT molecular complexity index is 864. The van der Waals surface area contributed by atoms with Gasteiger partial charge in [-0.25, -0.2) is 4.99 Å². The smallest absolute Gasteiger partial charge is 0.191 e. The van der Waals surface area contributed by atoms with Crippen LogP contribution in [0.1, 0.15) is 18.3 Å². The lowest BCUT2D eigenvalue weighted by Gasteiger charge is -2.11. The molecule has 0 atom stereocenters. The highest BCUT2D eigenvalue weighted by atomic mass is 127. The summed E-state index contributed by atoms with van der Waals surface area (Å²) in [6.45, 7) is 3.87. The maximum Gasteiger partial charge on any atom is 0.191 e. The fourth-order valence-corrected chi connectivity index (χ4v) is 2.51. The third-order valence-electron chi connectivity index (χ3n) is 3.74. The van der Waals surface area contributed by atoms with E-state index < -0.39 is 0 Å². The van der Waals surface area contributed by atoms with Crippen LogP contribution in [0.3, 0.4) is 0 Å². The first kappa shape index (κ1) is 20.0. The molecule has 2 N–H and O–H groups in total. The average molecular weight is 466 g/mol. The fraction of sp³-hybridized carbons (Fsp3) is 0.278. The lowest BCUT2D eigenvalue weighted by Crippen LogP contribution is -2.37. The number of halogens is 1. The number of nitrogens with one attached hydrogen (secondary N) is 2. The van der Waals surface area contributed by atoms with Crippen LogP contribution in [0.4, 0.5) is 0 Å². The molecule has 1 aromatic carbocycles. The van der Waals surface area contributed by atoms with Gasteiger partial charge in [0.1, 0.15) is 5.75 Å². The Hall–Kier alpha value is -2.36. The molecular formula is C18H23IN6O. The standard InChI is InChI=1S/C18H22N6O.HI/c1-3-19-18(20-12-14-8-4-5-9-15(14)25-2)21-13-17-23-22-16-10-6-7-11-24(16)17;/h4-11H,3,12-13H2,1-2H3,(H2,19,20,21);1H. The summed E-state index contributed by atoms with van der Waals surface area (Å²) in [5.41, 5.74) is 1.87. The van der Waals surface area contributed by atoms with Gasteiger partial charge in [-0.3, -0.25) is 4.40 Å². The van der Waals surface area contributed by atoms with Crippen LogP contribution in [0.5, 0.6) is 5.75 Å². The molecule has 0 aliphatic heterocycles. The van der Waals surface area contributed by atoms with E-state index in [1.165, 1.54) is 0 Å². The molecule has 8 heteroatoms. The summed E-state index contributed by atoms with van der Waals surface area (Å²) in [7, 11) is 1.67. The molecule has 0 spiro atoms. The number of benzene rings is 1. The van der Waals surface area contributed by atoms with Crippen LogP contribution in [0.15, 0.2) is 53.7 Å². The Kier molecular flexibility index (Phi) is 7.64. The van der Waals surface area contributed by atoms with Crippen molar-refractivity contribution in [2.45, 2.75) is 20.0 Å². The quantitative estimate of drug-likeness (QED) is 0.332. The van der Waals surface area contributed by atoms with Gasteiger partial charge in [-0.05, 0) is 25.1 Å². The van der Waals surface area contributed by atoms with Gasteiger partial charge >= 0.3 is 0 Å². The molecule has 138 valence electrons. The van der Waals surface area contributed by atoms with Crippen LogP contribution in [0.25, 0.3) is 5.65 Å². The summed E-state index contributed by atoms with van der Waals surface area (Å²) in [5, 5.41) is 14.9. The van der Waals surface area contributed by atoms with Crippen LogP contribution in [0, 0.1) is 0 Å².